The second-order valence-electron chi connectivity index (χ2n) is 1.90. The molecule has 0 N–H and O–H groups in total. The van der Waals surface area contributed by atoms with Crippen molar-refractivity contribution >= 4 is 38.8 Å². The van der Waals surface area contributed by atoms with E-state index in [-0.39, 0.29) is 13.2 Å². The van der Waals surface area contributed by atoms with Crippen LogP contribution < -0.4 is 0 Å². The first-order valence-corrected chi connectivity index (χ1v) is 17.3. The van der Waals surface area contributed by atoms with Crippen LogP contribution in [0, 0.1) is 6.92 Å². The topological polar surface area (TPSA) is 0 Å². The van der Waals surface area contributed by atoms with E-state index in [4.69, 9.17) is 11.6 Å². The van der Waals surface area contributed by atoms with E-state index in [1.807, 2.05) is 31.2 Å². The van der Waals surface area contributed by atoms with Crippen LogP contribution in [0.2, 0.25) is 5.02 Å². The van der Waals surface area contributed by atoms with Crippen molar-refractivity contribution in [1.29, 1.82) is 0 Å². The van der Waals surface area contributed by atoms with Gasteiger partial charge in [0.1, 0.15) is 0 Å². The zero-order chi connectivity index (χ0) is 8.69. The molecule has 0 unspecified atom stereocenters. The van der Waals surface area contributed by atoms with E-state index in [0.29, 0.717) is 0 Å². The van der Waals surface area contributed by atoms with Crippen molar-refractivity contribution < 1.29 is 13.2 Å². The van der Waals surface area contributed by atoms with Gasteiger partial charge in [0.25, 0.3) is 0 Å². The Labute approximate surface area is 93.0 Å². The van der Waals surface area contributed by atoms with Gasteiger partial charge in [0, 0.05) is 5.02 Å². The standard InChI is InChI=1S/C7H7Cl.2BrH.Zn/c1-6-2-4-7(8)5-3-6;;;/h2-5H,1H3;2*1H;/q;;;+2/p-2. The molecule has 11 heavy (non-hydrogen) atoms. The molecule has 0 amide bonds. The Kier molecular flexibility index (Phi) is 8.50. The minimum absolute atomic E-state index is 0.250. The Hall–Kier alpha value is 1.09. The first-order chi connectivity index (χ1) is 5.20. The van der Waals surface area contributed by atoms with Crippen LogP contribution >= 0.6 is 38.8 Å². The van der Waals surface area contributed by atoms with Gasteiger partial charge in [0.2, 0.25) is 0 Å². The van der Waals surface area contributed by atoms with Crippen molar-refractivity contribution in [2.24, 2.45) is 0 Å². The predicted octanol–water partition coefficient (Wildman–Crippen LogP) is 4.34. The van der Waals surface area contributed by atoms with Gasteiger partial charge in [-0.2, -0.15) is 0 Å². The molecule has 0 saturated heterocycles. The molecule has 1 aromatic rings. The summed E-state index contributed by atoms with van der Waals surface area (Å²) in [6.45, 7) is 2.04. The molecule has 0 atom stereocenters. The average Bonchev–Trinajstić information content (AvgIpc) is 1.97. The number of hydrogen-bond acceptors (Lipinski definition) is 0. The molecule has 0 saturated carbocycles. The minimum atomic E-state index is -0.250. The molecule has 0 heterocycles. The molecule has 0 aliphatic carbocycles. The Morgan fingerprint density at radius 1 is 1.18 bits per heavy atom. The van der Waals surface area contributed by atoms with Crippen LogP contribution in [0.15, 0.2) is 24.3 Å². The fourth-order valence-electron chi connectivity index (χ4n) is 0.533. The maximum absolute atomic E-state index is 5.61. The van der Waals surface area contributed by atoms with Crippen LogP contribution in [0.4, 0.5) is 0 Å². The van der Waals surface area contributed by atoms with E-state index in [0.717, 1.165) is 5.02 Å². The molecule has 0 aromatic heterocycles. The molecule has 4 heteroatoms. The summed E-state index contributed by atoms with van der Waals surface area (Å²) < 4.78 is 0. The molecular weight excluding hydrogens is 345 g/mol. The number of aryl methyl sites for hydroxylation is 1. The third-order valence-corrected chi connectivity index (χ3v) is 1.26. The second kappa shape index (κ2) is 7.73. The fourth-order valence-corrected chi connectivity index (χ4v) is 0.659. The zero-order valence-corrected chi connectivity index (χ0v) is 13.0. The van der Waals surface area contributed by atoms with Gasteiger partial charge in [0.15, 0.2) is 0 Å². The Bertz CT molecular complexity index is 167. The summed E-state index contributed by atoms with van der Waals surface area (Å²) in [4.78, 5) is 0. The van der Waals surface area contributed by atoms with Gasteiger partial charge in [-0.15, -0.1) is 0 Å². The van der Waals surface area contributed by atoms with Crippen molar-refractivity contribution in [3.63, 3.8) is 0 Å². The fraction of sp³-hybridized carbons (Fsp3) is 0.143. The molecular formula is C7H7Br2ClZn. The van der Waals surface area contributed by atoms with Gasteiger partial charge in [-0.05, 0) is 19.1 Å². The zero-order valence-electron chi connectivity index (χ0n) is 6.15. The van der Waals surface area contributed by atoms with Crippen LogP contribution in [0.5, 0.6) is 0 Å². The molecule has 0 bridgehead atoms. The molecule has 0 aliphatic heterocycles. The molecule has 0 radical (unpaired) electrons. The van der Waals surface area contributed by atoms with Crippen LogP contribution in [-0.4, -0.2) is 0 Å². The SMILES string of the molecule is Cc1ccc(Cl)cc1.[Br][Zn][Br]. The van der Waals surface area contributed by atoms with Crippen LogP contribution in [-0.2, 0) is 13.2 Å². The third-order valence-electron chi connectivity index (χ3n) is 1.01. The monoisotopic (exact) mass is 348 g/mol. The number of rotatable bonds is 0. The van der Waals surface area contributed by atoms with E-state index in [9.17, 15) is 0 Å². The molecule has 0 nitrogen and oxygen atoms in total. The van der Waals surface area contributed by atoms with E-state index in [2.05, 4.69) is 27.2 Å². The predicted molar refractivity (Wildman–Crippen MR) is 54.0 cm³/mol. The van der Waals surface area contributed by atoms with Crippen LogP contribution in [0.3, 0.4) is 0 Å². The van der Waals surface area contributed by atoms with Gasteiger partial charge in [-0.1, -0.05) is 29.3 Å². The van der Waals surface area contributed by atoms with Gasteiger partial charge in [-0.3, -0.25) is 0 Å². The van der Waals surface area contributed by atoms with Crippen molar-refractivity contribution in [3.8, 4) is 0 Å². The number of benzene rings is 1. The summed E-state index contributed by atoms with van der Waals surface area (Å²) in [7, 11) is 0. The van der Waals surface area contributed by atoms with Crippen molar-refractivity contribution in [3.05, 3.63) is 34.9 Å². The van der Waals surface area contributed by atoms with E-state index < -0.39 is 0 Å². The van der Waals surface area contributed by atoms with Crippen LogP contribution in [0.1, 0.15) is 5.56 Å². The van der Waals surface area contributed by atoms with Crippen LogP contribution in [0.25, 0.3) is 0 Å². The molecule has 1 aromatic carbocycles. The molecule has 0 spiro atoms. The van der Waals surface area contributed by atoms with Crippen molar-refractivity contribution in [2.45, 2.75) is 6.92 Å². The first-order valence-electron chi connectivity index (χ1n) is 3.04. The Morgan fingerprint density at radius 3 is 1.82 bits per heavy atom. The molecule has 0 fully saturated rings. The summed E-state index contributed by atoms with van der Waals surface area (Å²) >= 11 is 11.9. The number of hydrogen-bond donors (Lipinski definition) is 0. The van der Waals surface area contributed by atoms with Gasteiger partial charge in [-0.25, -0.2) is 0 Å². The van der Waals surface area contributed by atoms with E-state index >= 15 is 0 Å². The van der Waals surface area contributed by atoms with E-state index in [1.54, 1.807) is 0 Å². The molecule has 1 rings (SSSR count). The molecule has 0 aliphatic rings. The summed E-state index contributed by atoms with van der Waals surface area (Å²) in [5.74, 6) is 0. The van der Waals surface area contributed by atoms with Crippen molar-refractivity contribution in [2.75, 3.05) is 0 Å². The normalized spacial score (nSPS) is 7.64. The maximum atomic E-state index is 5.61. The quantitative estimate of drug-likeness (QED) is 0.610. The Balaban J connectivity index is 0.000000292. The average molecular weight is 352 g/mol. The third kappa shape index (κ3) is 7.45. The summed E-state index contributed by atoms with van der Waals surface area (Å²) in [6, 6.07) is 7.75. The second-order valence-corrected chi connectivity index (χ2v) is 16.4. The van der Waals surface area contributed by atoms with Gasteiger partial charge in [0.05, 0.1) is 0 Å². The summed E-state index contributed by atoms with van der Waals surface area (Å²) in [5, 5.41) is 0.801. The molecule has 58 valence electrons. The first kappa shape index (κ1) is 12.1. The Morgan fingerprint density at radius 2 is 1.55 bits per heavy atom. The van der Waals surface area contributed by atoms with Gasteiger partial charge >= 0.3 is 40.5 Å². The van der Waals surface area contributed by atoms with Gasteiger partial charge < -0.3 is 0 Å². The summed E-state index contributed by atoms with van der Waals surface area (Å²) in [5.41, 5.74) is 1.24. The van der Waals surface area contributed by atoms with Crippen molar-refractivity contribution in [1.82, 2.24) is 0 Å². The number of halogens is 3. The summed E-state index contributed by atoms with van der Waals surface area (Å²) in [6.07, 6.45) is 0. The van der Waals surface area contributed by atoms with E-state index in [1.165, 1.54) is 5.56 Å².